The monoisotopic (exact) mass is 691 g/mol. The van der Waals surface area contributed by atoms with Crippen molar-refractivity contribution in [2.75, 3.05) is 13.1 Å². The van der Waals surface area contributed by atoms with Gasteiger partial charge in [0.1, 0.15) is 12.2 Å². The summed E-state index contributed by atoms with van der Waals surface area (Å²) in [5, 5.41) is 0. The number of piperidine rings is 1. The van der Waals surface area contributed by atoms with Crippen molar-refractivity contribution in [1.29, 1.82) is 0 Å². The smallest absolute Gasteiger partial charge is 0.261 e. The third-order valence-electron chi connectivity index (χ3n) is 10.5. The van der Waals surface area contributed by atoms with Gasteiger partial charge < -0.3 is 18.5 Å². The largest absolute Gasteiger partial charge is 0.341 e. The van der Waals surface area contributed by atoms with Crippen LogP contribution in [0.15, 0.2) is 72.8 Å². The van der Waals surface area contributed by atoms with Gasteiger partial charge in [0.05, 0.1) is 0 Å². The van der Waals surface area contributed by atoms with Crippen LogP contribution in [0.25, 0.3) is 0 Å². The third kappa shape index (κ3) is 6.40. The van der Waals surface area contributed by atoms with Gasteiger partial charge >= 0.3 is 0 Å². The molecule has 5 nitrogen and oxygen atoms in total. The van der Waals surface area contributed by atoms with E-state index in [1.165, 1.54) is 50.9 Å². The number of aryl methyl sites for hydroxylation is 8. The van der Waals surface area contributed by atoms with Gasteiger partial charge in [-0.3, -0.25) is 0 Å². The molecule has 0 unspecified atom stereocenters. The summed E-state index contributed by atoms with van der Waals surface area (Å²) in [6.45, 7) is 23.3. The van der Waals surface area contributed by atoms with Gasteiger partial charge in [-0.25, -0.2) is 4.67 Å². The van der Waals surface area contributed by atoms with Gasteiger partial charge in [-0.05, 0) is 104 Å². The predicted molar refractivity (Wildman–Crippen MR) is 204 cm³/mol. The second kappa shape index (κ2) is 13.3. The van der Waals surface area contributed by atoms with Crippen LogP contribution in [0.1, 0.15) is 99.9 Å². The fraction of sp³-hybridized carbons (Fsp3) is 0.455. The van der Waals surface area contributed by atoms with Crippen LogP contribution in [-0.4, -0.2) is 35.8 Å². The van der Waals surface area contributed by atoms with Crippen LogP contribution < -0.4 is 0 Å². The first-order chi connectivity index (χ1) is 23.7. The Hall–Kier alpha value is -2.89. The first-order valence-electron chi connectivity index (χ1n) is 18.3. The molecule has 3 aliphatic rings. The predicted octanol–water partition coefficient (Wildman–Crippen LogP) is 10.6. The molecule has 0 N–H and O–H groups in total. The molecular weight excluding hydrogens is 637 g/mol. The van der Waals surface area contributed by atoms with E-state index in [9.17, 15) is 0 Å². The standard InChI is InChI=1S/C44H54NO4P/c1-28-16-29(2)21-36(20-28)43(37-22-30(3)17-31(4)23-37)40-41(47-42(9,10)46-40)44(38-24-32(5)18-33(6)25-38,39-26-34(7)19-35(8)27-39)49-50(48-43)45-14-12-11-13-15-45/h16-27,40-41H,11-15H2,1-10H3/t40-,41-/m1/s1. The minimum atomic E-state index is -1.65. The molecule has 264 valence electrons. The van der Waals surface area contributed by atoms with Crippen LogP contribution in [0.4, 0.5) is 0 Å². The van der Waals surface area contributed by atoms with Gasteiger partial charge in [-0.1, -0.05) is 124 Å². The summed E-state index contributed by atoms with van der Waals surface area (Å²) in [5.74, 6) is -0.917. The van der Waals surface area contributed by atoms with Crippen molar-refractivity contribution in [3.63, 3.8) is 0 Å². The Balaban J connectivity index is 1.64. The molecule has 0 bridgehead atoms. The highest BCUT2D eigenvalue weighted by Crippen LogP contribution is 2.66. The van der Waals surface area contributed by atoms with Crippen LogP contribution in [-0.2, 0) is 29.7 Å². The maximum atomic E-state index is 7.92. The minimum Gasteiger partial charge on any atom is -0.341 e. The highest BCUT2D eigenvalue weighted by atomic mass is 31.2. The molecule has 4 aromatic rings. The van der Waals surface area contributed by atoms with Crippen molar-refractivity contribution in [2.45, 2.75) is 118 Å². The molecule has 0 amide bonds. The second-order valence-electron chi connectivity index (χ2n) is 15.9. The van der Waals surface area contributed by atoms with E-state index < -0.39 is 37.7 Å². The summed E-state index contributed by atoms with van der Waals surface area (Å²) >= 11 is 0. The van der Waals surface area contributed by atoms with Crippen molar-refractivity contribution in [1.82, 2.24) is 4.67 Å². The fourth-order valence-electron chi connectivity index (χ4n) is 8.84. The van der Waals surface area contributed by atoms with Crippen LogP contribution in [0.2, 0.25) is 0 Å². The number of nitrogens with zero attached hydrogens (tertiary/aromatic N) is 1. The number of fused-ring (bicyclic) bond motifs is 1. The lowest BCUT2D eigenvalue weighted by molar-refractivity contribution is -0.175. The lowest BCUT2D eigenvalue weighted by Gasteiger charge is -2.43. The average molecular weight is 692 g/mol. The van der Waals surface area contributed by atoms with Crippen molar-refractivity contribution >= 4 is 8.53 Å². The molecule has 0 saturated carbocycles. The van der Waals surface area contributed by atoms with Gasteiger partial charge in [-0.15, -0.1) is 0 Å². The Morgan fingerprint density at radius 2 is 0.740 bits per heavy atom. The zero-order valence-corrected chi connectivity index (χ0v) is 32.5. The van der Waals surface area contributed by atoms with E-state index in [1.54, 1.807) is 0 Å². The summed E-state index contributed by atoms with van der Waals surface area (Å²) in [6.07, 6.45) is 2.29. The molecule has 6 heteroatoms. The molecule has 4 aromatic carbocycles. The van der Waals surface area contributed by atoms with E-state index in [0.29, 0.717) is 0 Å². The molecule has 0 aromatic heterocycles. The van der Waals surface area contributed by atoms with E-state index in [2.05, 4.69) is 133 Å². The maximum Gasteiger partial charge on any atom is 0.261 e. The number of hydrogen-bond donors (Lipinski definition) is 0. The first-order valence-corrected chi connectivity index (χ1v) is 19.5. The van der Waals surface area contributed by atoms with Crippen LogP contribution >= 0.6 is 8.53 Å². The minimum absolute atomic E-state index is 0.571. The Kier molecular flexibility index (Phi) is 9.42. The molecule has 3 aliphatic heterocycles. The zero-order valence-electron chi connectivity index (χ0n) is 31.6. The summed E-state index contributed by atoms with van der Waals surface area (Å²) in [4.78, 5) is 0. The molecule has 0 aliphatic carbocycles. The highest BCUT2D eigenvalue weighted by molar-refractivity contribution is 7.44. The summed E-state index contributed by atoms with van der Waals surface area (Å²) in [5.41, 5.74) is 11.7. The molecule has 0 radical (unpaired) electrons. The molecule has 3 fully saturated rings. The molecule has 3 heterocycles. The van der Waals surface area contributed by atoms with Gasteiger partial charge in [0, 0.05) is 13.1 Å². The van der Waals surface area contributed by atoms with E-state index in [4.69, 9.17) is 18.5 Å². The Bertz CT molecular complexity index is 1600. The third-order valence-corrected chi connectivity index (χ3v) is 12.3. The lowest BCUT2D eigenvalue weighted by atomic mass is 9.70. The number of ether oxygens (including phenoxy) is 2. The number of hydrogen-bond acceptors (Lipinski definition) is 5. The van der Waals surface area contributed by atoms with Crippen LogP contribution in [0.3, 0.4) is 0 Å². The van der Waals surface area contributed by atoms with Crippen molar-refractivity contribution < 1.29 is 18.5 Å². The number of rotatable bonds is 5. The van der Waals surface area contributed by atoms with E-state index in [-0.39, 0.29) is 0 Å². The lowest BCUT2D eigenvalue weighted by Crippen LogP contribution is -2.53. The Morgan fingerprint density at radius 1 is 0.460 bits per heavy atom. The molecule has 3 saturated heterocycles. The maximum absolute atomic E-state index is 7.92. The Labute approximate surface area is 301 Å². The quantitative estimate of drug-likeness (QED) is 0.195. The molecule has 7 rings (SSSR count). The normalized spacial score (nSPS) is 23.4. The molecule has 50 heavy (non-hydrogen) atoms. The summed E-state index contributed by atoms with van der Waals surface area (Å²) < 4.78 is 33.0. The fourth-order valence-corrected chi connectivity index (χ4v) is 10.8. The molecule has 0 spiro atoms. The van der Waals surface area contributed by atoms with Gasteiger partial charge in [0.2, 0.25) is 0 Å². The highest BCUT2D eigenvalue weighted by Gasteiger charge is 2.67. The molecular formula is C44H54NO4P. The van der Waals surface area contributed by atoms with Crippen molar-refractivity contribution in [3.8, 4) is 0 Å². The van der Waals surface area contributed by atoms with Gasteiger partial charge in [-0.2, -0.15) is 0 Å². The Morgan fingerprint density at radius 3 is 1.02 bits per heavy atom. The van der Waals surface area contributed by atoms with E-state index in [0.717, 1.165) is 48.2 Å². The summed E-state index contributed by atoms with van der Waals surface area (Å²) in [7, 11) is -1.65. The number of benzene rings is 4. The first kappa shape index (κ1) is 35.5. The van der Waals surface area contributed by atoms with Crippen LogP contribution in [0, 0.1) is 55.4 Å². The van der Waals surface area contributed by atoms with Crippen molar-refractivity contribution in [2.24, 2.45) is 0 Å². The second-order valence-corrected chi connectivity index (χ2v) is 17.3. The van der Waals surface area contributed by atoms with Gasteiger partial charge in [0.15, 0.2) is 17.0 Å². The van der Waals surface area contributed by atoms with Crippen LogP contribution in [0.5, 0.6) is 0 Å². The topological polar surface area (TPSA) is 40.2 Å². The van der Waals surface area contributed by atoms with Gasteiger partial charge in [0.25, 0.3) is 8.53 Å². The molecule has 2 atom stereocenters. The van der Waals surface area contributed by atoms with E-state index >= 15 is 0 Å². The average Bonchev–Trinajstić information content (AvgIpc) is 3.29. The SMILES string of the molecule is Cc1cc(C)cc(C2(c3cc(C)cc(C)c3)OP(N3CCCCC3)OC(c3cc(C)cc(C)c3)(c3cc(C)cc(C)c3)[C@@H]3OC(C)(C)O[C@H]32)c1. The summed E-state index contributed by atoms with van der Waals surface area (Å²) in [6, 6.07) is 27.3. The van der Waals surface area contributed by atoms with E-state index in [1.807, 2.05) is 13.8 Å². The zero-order chi connectivity index (χ0) is 35.6. The van der Waals surface area contributed by atoms with Crippen molar-refractivity contribution in [3.05, 3.63) is 140 Å².